The molecule has 192 valence electrons. The number of rotatable bonds is 11. The van der Waals surface area contributed by atoms with Gasteiger partial charge in [-0.15, -0.1) is 5.10 Å². The normalized spacial score (nSPS) is 11.2. The number of hydrogen-bond acceptors (Lipinski definition) is 7. The van der Waals surface area contributed by atoms with E-state index in [0.717, 1.165) is 31.4 Å². The maximum atomic E-state index is 12.5. The zero-order chi connectivity index (χ0) is 26.0. The van der Waals surface area contributed by atoms with Gasteiger partial charge in [0.15, 0.2) is 6.26 Å². The summed E-state index contributed by atoms with van der Waals surface area (Å²) in [5.41, 5.74) is 2.57. The lowest BCUT2D eigenvalue weighted by atomic mass is 10.1. The molecule has 2 aromatic carbocycles. The van der Waals surface area contributed by atoms with Crippen LogP contribution in [-0.2, 0) is 13.0 Å². The minimum Gasteiger partial charge on any atom is -0.441 e. The number of carbonyl (C=O) groups is 1. The third kappa shape index (κ3) is 7.72. The Morgan fingerprint density at radius 2 is 1.89 bits per heavy atom. The molecule has 0 bridgehead atoms. The zero-order valence-electron chi connectivity index (χ0n) is 20.0. The Morgan fingerprint density at radius 1 is 1.11 bits per heavy atom. The SMILES string of the molecule is CN(C(=O)Oc1coc(/C=C/c2ccc(OC(F)F)cc2)n1)c1ccc(CCCCn2ccnn2)cc1. The number of amides is 1. The molecule has 4 rings (SSSR count). The molecule has 9 nitrogen and oxygen atoms in total. The van der Waals surface area contributed by atoms with Crippen molar-refractivity contribution in [3.05, 3.63) is 84.2 Å². The van der Waals surface area contributed by atoms with Crippen LogP contribution in [0.3, 0.4) is 0 Å². The third-order valence-electron chi connectivity index (χ3n) is 5.39. The van der Waals surface area contributed by atoms with Gasteiger partial charge >= 0.3 is 12.7 Å². The van der Waals surface area contributed by atoms with Crippen molar-refractivity contribution in [3.8, 4) is 11.6 Å². The number of oxazole rings is 1. The number of aryl methyl sites for hydroxylation is 2. The highest BCUT2D eigenvalue weighted by molar-refractivity contribution is 5.88. The minimum absolute atomic E-state index is 0.0150. The average molecular weight is 510 g/mol. The highest BCUT2D eigenvalue weighted by atomic mass is 19.3. The van der Waals surface area contributed by atoms with Gasteiger partial charge in [0.1, 0.15) is 5.75 Å². The van der Waals surface area contributed by atoms with Crippen molar-refractivity contribution in [1.82, 2.24) is 20.0 Å². The predicted molar refractivity (Wildman–Crippen MR) is 132 cm³/mol. The van der Waals surface area contributed by atoms with Crippen LogP contribution >= 0.6 is 0 Å². The molecule has 2 aromatic heterocycles. The maximum absolute atomic E-state index is 12.5. The summed E-state index contributed by atoms with van der Waals surface area (Å²) in [5, 5.41) is 7.74. The van der Waals surface area contributed by atoms with Crippen molar-refractivity contribution in [2.45, 2.75) is 32.4 Å². The molecular formula is C26H25F2N5O4. The fourth-order valence-electron chi connectivity index (χ4n) is 3.43. The molecule has 0 spiro atoms. The molecule has 0 atom stereocenters. The van der Waals surface area contributed by atoms with E-state index in [0.29, 0.717) is 5.69 Å². The smallest absolute Gasteiger partial charge is 0.420 e. The van der Waals surface area contributed by atoms with Crippen LogP contribution in [0.25, 0.3) is 12.2 Å². The summed E-state index contributed by atoms with van der Waals surface area (Å²) in [5.74, 6) is 0.295. The second-order valence-electron chi connectivity index (χ2n) is 8.02. The zero-order valence-corrected chi connectivity index (χ0v) is 20.0. The van der Waals surface area contributed by atoms with Gasteiger partial charge in [0.05, 0.1) is 6.20 Å². The van der Waals surface area contributed by atoms with Crippen LogP contribution in [-0.4, -0.2) is 39.7 Å². The lowest BCUT2D eigenvalue weighted by Crippen LogP contribution is -2.29. The number of nitrogens with zero attached hydrogens (tertiary/aromatic N) is 5. The predicted octanol–water partition coefficient (Wildman–Crippen LogP) is 5.70. The molecular weight excluding hydrogens is 484 g/mol. The lowest BCUT2D eigenvalue weighted by molar-refractivity contribution is -0.0498. The van der Waals surface area contributed by atoms with Crippen LogP contribution in [0.15, 0.2) is 71.6 Å². The standard InChI is InChI=1S/C26H25F2N5O4/c1-32(21-10-5-19(6-11-21)4-2-3-16-33-17-15-29-31-33)26(34)37-24-18-35-23(30-24)14-9-20-7-12-22(13-8-20)36-25(27)28/h5-15,17-18,25H,2-4,16H2,1H3/b14-9+. The number of benzene rings is 2. The molecule has 37 heavy (non-hydrogen) atoms. The Morgan fingerprint density at radius 3 is 2.59 bits per heavy atom. The molecule has 0 aliphatic heterocycles. The highest BCUT2D eigenvalue weighted by Gasteiger charge is 2.15. The first-order chi connectivity index (χ1) is 18.0. The fraction of sp³-hybridized carbons (Fsp3) is 0.231. The van der Waals surface area contributed by atoms with Crippen molar-refractivity contribution >= 4 is 23.9 Å². The molecule has 11 heteroatoms. The summed E-state index contributed by atoms with van der Waals surface area (Å²) in [7, 11) is 1.61. The first kappa shape index (κ1) is 25.5. The molecule has 1 amide bonds. The Kier molecular flexibility index (Phi) is 8.58. The first-order valence-electron chi connectivity index (χ1n) is 11.5. The number of carbonyl (C=O) groups excluding carboxylic acids is 1. The summed E-state index contributed by atoms with van der Waals surface area (Å²) in [6.45, 7) is -2.04. The van der Waals surface area contributed by atoms with E-state index in [-0.39, 0.29) is 17.5 Å². The molecule has 0 fully saturated rings. The largest absolute Gasteiger partial charge is 0.441 e. The van der Waals surface area contributed by atoms with E-state index in [9.17, 15) is 13.6 Å². The van der Waals surface area contributed by atoms with Gasteiger partial charge < -0.3 is 13.9 Å². The van der Waals surface area contributed by atoms with Gasteiger partial charge in [0.25, 0.3) is 5.88 Å². The van der Waals surface area contributed by atoms with Gasteiger partial charge in [-0.3, -0.25) is 9.58 Å². The molecule has 0 saturated carbocycles. The topological polar surface area (TPSA) is 95.5 Å². The van der Waals surface area contributed by atoms with Gasteiger partial charge in [-0.05, 0) is 60.7 Å². The van der Waals surface area contributed by atoms with Crippen molar-refractivity contribution in [3.63, 3.8) is 0 Å². The minimum atomic E-state index is -2.87. The van der Waals surface area contributed by atoms with Crippen LogP contribution in [0.5, 0.6) is 11.6 Å². The second-order valence-corrected chi connectivity index (χ2v) is 8.02. The maximum Gasteiger partial charge on any atom is 0.420 e. The van der Waals surface area contributed by atoms with Crippen molar-refractivity contribution in [2.24, 2.45) is 0 Å². The lowest BCUT2D eigenvalue weighted by Gasteiger charge is -2.16. The Balaban J connectivity index is 1.24. The molecule has 2 heterocycles. The molecule has 4 aromatic rings. The fourth-order valence-corrected chi connectivity index (χ4v) is 3.43. The summed E-state index contributed by atoms with van der Waals surface area (Å²) in [6, 6.07) is 13.8. The Labute approximate surface area is 211 Å². The highest BCUT2D eigenvalue weighted by Crippen LogP contribution is 2.20. The van der Waals surface area contributed by atoms with Crippen molar-refractivity contribution < 1.29 is 27.5 Å². The number of anilines is 1. The average Bonchev–Trinajstić information content (AvgIpc) is 3.58. The summed E-state index contributed by atoms with van der Waals surface area (Å²) in [6.07, 6.45) is 10.3. The van der Waals surface area contributed by atoms with Gasteiger partial charge in [-0.25, -0.2) is 4.79 Å². The molecule has 0 unspecified atom stereocenters. The number of aromatic nitrogens is 4. The summed E-state index contributed by atoms with van der Waals surface area (Å²) in [4.78, 5) is 18.0. The molecule has 0 radical (unpaired) electrons. The van der Waals surface area contributed by atoms with Crippen LogP contribution in [0.1, 0.15) is 29.9 Å². The first-order valence-corrected chi connectivity index (χ1v) is 11.5. The number of alkyl halides is 2. The van der Waals surface area contributed by atoms with E-state index in [1.165, 1.54) is 28.9 Å². The Hall–Kier alpha value is -4.54. The molecule has 0 aliphatic carbocycles. The summed E-state index contributed by atoms with van der Waals surface area (Å²) >= 11 is 0. The van der Waals surface area contributed by atoms with Crippen LogP contribution in [0, 0.1) is 0 Å². The quantitative estimate of drug-likeness (QED) is 0.240. The van der Waals surface area contributed by atoms with Gasteiger partial charge in [-0.1, -0.05) is 29.5 Å². The van der Waals surface area contributed by atoms with E-state index in [4.69, 9.17) is 9.15 Å². The monoisotopic (exact) mass is 509 g/mol. The van der Waals surface area contributed by atoms with E-state index in [2.05, 4.69) is 20.0 Å². The second kappa shape index (κ2) is 12.4. The van der Waals surface area contributed by atoms with Crippen molar-refractivity contribution in [1.29, 1.82) is 0 Å². The van der Waals surface area contributed by atoms with Crippen LogP contribution in [0.2, 0.25) is 0 Å². The van der Waals surface area contributed by atoms with Gasteiger partial charge in [0, 0.05) is 31.6 Å². The van der Waals surface area contributed by atoms with E-state index in [1.54, 1.807) is 37.5 Å². The van der Waals surface area contributed by atoms with Crippen molar-refractivity contribution in [2.75, 3.05) is 11.9 Å². The summed E-state index contributed by atoms with van der Waals surface area (Å²) < 4.78 is 41.2. The van der Waals surface area contributed by atoms with Crippen LogP contribution < -0.4 is 14.4 Å². The van der Waals surface area contributed by atoms with E-state index in [1.807, 2.05) is 35.1 Å². The number of hydrogen-bond donors (Lipinski definition) is 0. The third-order valence-corrected chi connectivity index (χ3v) is 5.39. The molecule has 0 N–H and O–H groups in total. The van der Waals surface area contributed by atoms with E-state index >= 15 is 0 Å². The number of halogens is 2. The van der Waals surface area contributed by atoms with E-state index < -0.39 is 12.7 Å². The van der Waals surface area contributed by atoms with Crippen LogP contribution in [0.4, 0.5) is 19.3 Å². The van der Waals surface area contributed by atoms with Gasteiger partial charge in [-0.2, -0.15) is 13.8 Å². The molecule has 0 aliphatic rings. The number of ether oxygens (including phenoxy) is 2. The molecule has 0 saturated heterocycles. The Bertz CT molecular complexity index is 1290. The van der Waals surface area contributed by atoms with Gasteiger partial charge in [0.2, 0.25) is 5.89 Å². The number of unbranched alkanes of at least 4 members (excludes halogenated alkanes) is 1.